The molecule has 2 spiro atoms. The van der Waals surface area contributed by atoms with Gasteiger partial charge in [0.25, 0.3) is 5.60 Å². The second-order valence-electron chi connectivity index (χ2n) is 10.0. The Hall–Kier alpha value is -2.27. The van der Waals surface area contributed by atoms with E-state index in [1.54, 1.807) is 6.08 Å². The first-order valence-corrected chi connectivity index (χ1v) is 11.1. The third-order valence-corrected chi connectivity index (χ3v) is 7.76. The maximum Gasteiger partial charge on any atom is 0.347 e. The molecule has 6 aliphatic heterocycles. The molecule has 4 bridgehead atoms. The average Bonchev–Trinajstić information content (AvgIpc) is 3.67. The van der Waals surface area contributed by atoms with Gasteiger partial charge >= 0.3 is 17.9 Å². The molecule has 33 heavy (non-hydrogen) atoms. The molecule has 6 rings (SSSR count). The minimum Gasteiger partial charge on any atom is -0.467 e. The first-order valence-electron chi connectivity index (χ1n) is 11.1. The summed E-state index contributed by atoms with van der Waals surface area (Å²) in [6.45, 7) is 9.10. The van der Waals surface area contributed by atoms with Crippen LogP contribution in [0.5, 0.6) is 0 Å². The van der Waals surface area contributed by atoms with Crippen LogP contribution in [0.2, 0.25) is 0 Å². The molecule has 9 unspecified atom stereocenters. The molecule has 0 amide bonds. The SMILES string of the molecule is C=C(C)C1CC=C2C(=O)OC(CC3(C)OC3C34OC3C3(C(=O)OC)OC3(C1)O4)C2OC(C)=O. The van der Waals surface area contributed by atoms with Crippen LogP contribution < -0.4 is 0 Å². The third kappa shape index (κ3) is 2.60. The van der Waals surface area contributed by atoms with Crippen LogP contribution >= 0.6 is 0 Å². The molecule has 0 saturated carbocycles. The molecule has 6 aliphatic rings. The molecule has 9 atom stereocenters. The zero-order chi connectivity index (χ0) is 23.6. The van der Waals surface area contributed by atoms with E-state index in [2.05, 4.69) is 6.58 Å². The molecule has 10 nitrogen and oxygen atoms in total. The van der Waals surface area contributed by atoms with Gasteiger partial charge in [0.2, 0.25) is 11.6 Å². The number of carbonyl (C=O) groups excluding carboxylic acids is 3. The standard InChI is InChI=1S/C23H26O10/c1-10(2)12-6-7-13-15(28-11(3)24)14(29-16(13)25)9-20(4)17(30-20)23-18(31-23)22(19(26)27-5)21(8-12,32-22)33-23/h7,12,14-15,17-18H,1,6,8-9H2,2-5H3. The Morgan fingerprint density at radius 1 is 1.15 bits per heavy atom. The summed E-state index contributed by atoms with van der Waals surface area (Å²) in [5.41, 5.74) is -1.01. The Morgan fingerprint density at radius 2 is 1.91 bits per heavy atom. The normalized spacial score (nSPS) is 50.6. The maximum atomic E-state index is 12.8. The first kappa shape index (κ1) is 21.3. The monoisotopic (exact) mass is 462 g/mol. The summed E-state index contributed by atoms with van der Waals surface area (Å²) >= 11 is 0. The number of rotatable bonds is 3. The summed E-state index contributed by atoms with van der Waals surface area (Å²) in [5.74, 6) is -4.14. The van der Waals surface area contributed by atoms with Crippen LogP contribution in [0.3, 0.4) is 0 Å². The van der Waals surface area contributed by atoms with Gasteiger partial charge in [0.1, 0.15) is 17.8 Å². The molecular weight excluding hydrogens is 436 g/mol. The van der Waals surface area contributed by atoms with Crippen LogP contribution in [0.15, 0.2) is 23.8 Å². The van der Waals surface area contributed by atoms with Crippen molar-refractivity contribution in [3.05, 3.63) is 23.8 Å². The summed E-state index contributed by atoms with van der Waals surface area (Å²) in [6, 6.07) is 0. The van der Waals surface area contributed by atoms with Crippen molar-refractivity contribution >= 4 is 17.9 Å². The molecule has 0 aliphatic carbocycles. The summed E-state index contributed by atoms with van der Waals surface area (Å²) < 4.78 is 40.5. The summed E-state index contributed by atoms with van der Waals surface area (Å²) in [5, 5.41) is 0. The number of hydrogen-bond donors (Lipinski definition) is 0. The second kappa shape index (κ2) is 6.24. The van der Waals surface area contributed by atoms with Crippen molar-refractivity contribution in [1.82, 2.24) is 0 Å². The molecule has 0 aromatic heterocycles. The molecular formula is C23H26O10. The fourth-order valence-electron chi connectivity index (χ4n) is 5.98. The number of epoxide rings is 3. The van der Waals surface area contributed by atoms with Crippen molar-refractivity contribution in [2.75, 3.05) is 7.11 Å². The minimum atomic E-state index is -1.36. The van der Waals surface area contributed by atoms with Gasteiger partial charge in [0.05, 0.1) is 12.7 Å². The Balaban J connectivity index is 1.41. The highest BCUT2D eigenvalue weighted by molar-refractivity contribution is 5.93. The largest absolute Gasteiger partial charge is 0.467 e. The van der Waals surface area contributed by atoms with Crippen molar-refractivity contribution in [1.29, 1.82) is 0 Å². The van der Waals surface area contributed by atoms with E-state index in [0.29, 0.717) is 18.4 Å². The third-order valence-electron chi connectivity index (χ3n) is 7.76. The highest BCUT2D eigenvalue weighted by Crippen LogP contribution is 2.76. The lowest BCUT2D eigenvalue weighted by Crippen LogP contribution is -2.38. The Labute approximate surface area is 190 Å². The number of ether oxygens (including phenoxy) is 7. The number of allylic oxidation sites excluding steroid dienone is 2. The molecule has 0 N–H and O–H groups in total. The van der Waals surface area contributed by atoms with E-state index in [9.17, 15) is 14.4 Å². The molecule has 178 valence electrons. The van der Waals surface area contributed by atoms with Crippen LogP contribution in [0.25, 0.3) is 0 Å². The lowest BCUT2D eigenvalue weighted by atomic mass is 9.84. The van der Waals surface area contributed by atoms with E-state index in [1.165, 1.54) is 14.0 Å². The van der Waals surface area contributed by atoms with Gasteiger partial charge in [-0.05, 0) is 26.2 Å². The number of fused-ring (bicyclic) bond motifs is 4. The van der Waals surface area contributed by atoms with Gasteiger partial charge in [-0.15, -0.1) is 0 Å². The zero-order valence-corrected chi connectivity index (χ0v) is 18.9. The summed E-state index contributed by atoms with van der Waals surface area (Å²) in [6.07, 6.45) is -0.0349. The van der Waals surface area contributed by atoms with E-state index in [1.807, 2.05) is 13.8 Å². The number of carbonyl (C=O) groups is 3. The van der Waals surface area contributed by atoms with Crippen molar-refractivity contribution in [2.24, 2.45) is 5.92 Å². The van der Waals surface area contributed by atoms with Crippen LogP contribution in [-0.4, -0.2) is 72.2 Å². The predicted octanol–water partition coefficient (Wildman–Crippen LogP) is 1.07. The van der Waals surface area contributed by atoms with Crippen molar-refractivity contribution in [3.63, 3.8) is 0 Å². The maximum absolute atomic E-state index is 12.8. The van der Waals surface area contributed by atoms with Gasteiger partial charge in [0.15, 0.2) is 12.2 Å². The molecule has 5 saturated heterocycles. The number of hydrogen-bond acceptors (Lipinski definition) is 10. The van der Waals surface area contributed by atoms with Gasteiger partial charge in [-0.1, -0.05) is 18.2 Å². The average molecular weight is 462 g/mol. The molecule has 6 heterocycles. The van der Waals surface area contributed by atoms with Gasteiger partial charge in [-0.2, -0.15) is 0 Å². The molecule has 0 aromatic carbocycles. The number of methoxy groups -OCH3 is 1. The van der Waals surface area contributed by atoms with Gasteiger partial charge in [-0.25, -0.2) is 9.59 Å². The molecule has 10 heteroatoms. The Bertz CT molecular complexity index is 1030. The highest BCUT2D eigenvalue weighted by atomic mass is 17.0. The van der Waals surface area contributed by atoms with Gasteiger partial charge < -0.3 is 33.2 Å². The van der Waals surface area contributed by atoms with Crippen LogP contribution in [-0.2, 0) is 47.5 Å². The van der Waals surface area contributed by atoms with Crippen molar-refractivity contribution in [2.45, 2.75) is 87.2 Å². The zero-order valence-electron chi connectivity index (χ0n) is 18.9. The fourth-order valence-corrected chi connectivity index (χ4v) is 5.98. The lowest BCUT2D eigenvalue weighted by molar-refractivity contribution is -0.163. The van der Waals surface area contributed by atoms with Crippen LogP contribution in [0, 0.1) is 5.92 Å². The quantitative estimate of drug-likeness (QED) is 0.260. The van der Waals surface area contributed by atoms with Gasteiger partial charge in [0, 0.05) is 19.8 Å². The summed E-state index contributed by atoms with van der Waals surface area (Å²) in [4.78, 5) is 37.3. The topological polar surface area (TPSA) is 126 Å². The summed E-state index contributed by atoms with van der Waals surface area (Å²) in [7, 11) is 1.30. The highest BCUT2D eigenvalue weighted by Gasteiger charge is 3.01. The van der Waals surface area contributed by atoms with E-state index in [-0.39, 0.29) is 12.3 Å². The first-order chi connectivity index (χ1) is 15.5. The Morgan fingerprint density at radius 3 is 2.58 bits per heavy atom. The van der Waals surface area contributed by atoms with Crippen LogP contribution in [0.1, 0.15) is 40.0 Å². The fraction of sp³-hybridized carbons (Fsp3) is 0.696. The van der Waals surface area contributed by atoms with Crippen LogP contribution in [0.4, 0.5) is 0 Å². The molecule has 0 aromatic rings. The van der Waals surface area contributed by atoms with E-state index in [0.717, 1.165) is 5.57 Å². The van der Waals surface area contributed by atoms with E-state index in [4.69, 9.17) is 33.2 Å². The predicted molar refractivity (Wildman–Crippen MR) is 106 cm³/mol. The Kier molecular flexibility index (Phi) is 4.02. The van der Waals surface area contributed by atoms with Gasteiger partial charge in [-0.3, -0.25) is 4.79 Å². The second-order valence-corrected chi connectivity index (χ2v) is 10.0. The smallest absolute Gasteiger partial charge is 0.347 e. The molecule has 5 fully saturated rings. The van der Waals surface area contributed by atoms with E-state index < -0.39 is 65.1 Å². The van der Waals surface area contributed by atoms with Crippen molar-refractivity contribution < 1.29 is 47.5 Å². The molecule has 0 radical (unpaired) electrons. The number of esters is 3. The van der Waals surface area contributed by atoms with E-state index >= 15 is 0 Å². The van der Waals surface area contributed by atoms with Crippen molar-refractivity contribution in [3.8, 4) is 0 Å². The minimum absolute atomic E-state index is 0.198. The lowest BCUT2D eigenvalue weighted by Gasteiger charge is -2.23.